The number of rotatable bonds is 7. The summed E-state index contributed by atoms with van der Waals surface area (Å²) in [6, 6.07) is 11.3. The topological polar surface area (TPSA) is 116 Å². The lowest BCUT2D eigenvalue weighted by Gasteiger charge is -2.09. The molecule has 2 aromatic carbocycles. The highest BCUT2D eigenvalue weighted by Crippen LogP contribution is 2.29. The third-order valence-electron chi connectivity index (χ3n) is 4.33. The molecule has 0 aliphatic carbocycles. The van der Waals surface area contributed by atoms with Crippen molar-refractivity contribution in [1.29, 1.82) is 0 Å². The van der Waals surface area contributed by atoms with Crippen LogP contribution in [0.2, 0.25) is 0 Å². The molecule has 0 aliphatic heterocycles. The molecule has 9 heteroatoms. The van der Waals surface area contributed by atoms with Crippen molar-refractivity contribution in [3.63, 3.8) is 0 Å². The summed E-state index contributed by atoms with van der Waals surface area (Å²) in [5.74, 6) is -0.244. The summed E-state index contributed by atoms with van der Waals surface area (Å²) in [4.78, 5) is 36.3. The number of hydrogen-bond acceptors (Lipinski definition) is 7. The predicted octanol–water partition coefficient (Wildman–Crippen LogP) is 2.77. The summed E-state index contributed by atoms with van der Waals surface area (Å²) in [5.41, 5.74) is 5.73. The molecule has 0 saturated carbocycles. The Morgan fingerprint density at radius 2 is 1.84 bits per heavy atom. The van der Waals surface area contributed by atoms with Crippen LogP contribution in [0.5, 0.6) is 11.5 Å². The molecule has 2 amide bonds. The van der Waals surface area contributed by atoms with Crippen LogP contribution in [0.4, 0.5) is 0 Å². The van der Waals surface area contributed by atoms with Crippen LogP contribution in [-0.2, 0) is 9.53 Å². The monoisotopic (exact) mass is 426 g/mol. The third kappa shape index (κ3) is 5.13. The van der Waals surface area contributed by atoms with Crippen LogP contribution in [-0.4, -0.2) is 38.1 Å². The zero-order valence-corrected chi connectivity index (χ0v) is 17.3. The molecule has 0 spiro atoms. The molecule has 0 aliphatic rings. The number of furan rings is 1. The maximum absolute atomic E-state index is 12.2. The van der Waals surface area contributed by atoms with Gasteiger partial charge in [-0.05, 0) is 50.2 Å². The van der Waals surface area contributed by atoms with Crippen molar-refractivity contribution < 1.29 is 33.0 Å². The van der Waals surface area contributed by atoms with Crippen molar-refractivity contribution in [3.8, 4) is 11.5 Å². The largest absolute Gasteiger partial charge is 0.497 e. The number of hydrogen-bond donors (Lipinski definition) is 2. The summed E-state index contributed by atoms with van der Waals surface area (Å²) in [6.45, 7) is 3.28. The molecule has 162 valence electrons. The lowest BCUT2D eigenvalue weighted by atomic mass is 10.1. The lowest BCUT2D eigenvalue weighted by molar-refractivity contribution is -0.123. The number of amides is 2. The van der Waals surface area contributed by atoms with E-state index in [1.807, 2.05) is 0 Å². The van der Waals surface area contributed by atoms with E-state index in [9.17, 15) is 14.4 Å². The first-order valence-corrected chi connectivity index (χ1v) is 9.49. The van der Waals surface area contributed by atoms with Crippen molar-refractivity contribution in [2.24, 2.45) is 0 Å². The van der Waals surface area contributed by atoms with Crippen LogP contribution >= 0.6 is 0 Å². The molecule has 0 bridgehead atoms. The molecule has 0 saturated heterocycles. The van der Waals surface area contributed by atoms with Crippen LogP contribution in [0.15, 0.2) is 46.9 Å². The number of carbonyl (C=O) groups is 3. The number of fused-ring (bicyclic) bond motifs is 1. The molecule has 0 radical (unpaired) electrons. The van der Waals surface area contributed by atoms with E-state index in [2.05, 4.69) is 10.9 Å². The minimum absolute atomic E-state index is 0.239. The summed E-state index contributed by atoms with van der Waals surface area (Å²) in [7, 11) is 1.49. The van der Waals surface area contributed by atoms with E-state index in [-0.39, 0.29) is 13.2 Å². The number of ether oxygens (including phenoxy) is 3. The molecule has 3 aromatic rings. The van der Waals surface area contributed by atoms with E-state index in [1.165, 1.54) is 7.11 Å². The highest BCUT2D eigenvalue weighted by Gasteiger charge is 2.20. The van der Waals surface area contributed by atoms with Gasteiger partial charge in [0, 0.05) is 10.9 Å². The molecule has 1 aromatic heterocycles. The number of benzene rings is 2. The van der Waals surface area contributed by atoms with E-state index in [4.69, 9.17) is 18.6 Å². The van der Waals surface area contributed by atoms with Crippen molar-refractivity contribution in [3.05, 3.63) is 59.4 Å². The maximum atomic E-state index is 12.2. The highest BCUT2D eigenvalue weighted by atomic mass is 16.5. The smallest absolute Gasteiger partial charge is 0.342 e. The highest BCUT2D eigenvalue weighted by molar-refractivity contribution is 6.05. The van der Waals surface area contributed by atoms with E-state index in [0.29, 0.717) is 39.4 Å². The van der Waals surface area contributed by atoms with Crippen molar-refractivity contribution in [2.45, 2.75) is 13.8 Å². The molecule has 0 unspecified atom stereocenters. The number of aryl methyl sites for hydroxylation is 1. The summed E-state index contributed by atoms with van der Waals surface area (Å²) >= 11 is 0. The van der Waals surface area contributed by atoms with E-state index in [1.54, 1.807) is 56.3 Å². The average Bonchev–Trinajstić information content (AvgIpc) is 3.11. The quantitative estimate of drug-likeness (QED) is 0.441. The second kappa shape index (κ2) is 9.66. The van der Waals surface area contributed by atoms with Gasteiger partial charge in [0.05, 0.1) is 13.7 Å². The standard InChI is InChI=1S/C22H22N2O7/c1-4-29-22(27)20-13(2)31-18-9-8-16(11-17(18)20)30-12-19(25)23-24-21(26)14-6-5-7-15(10-14)28-3/h5-11H,4,12H2,1-3H3,(H,23,25)(H,24,26). The normalized spacial score (nSPS) is 10.4. The van der Waals surface area contributed by atoms with Gasteiger partial charge in [-0.15, -0.1) is 0 Å². The third-order valence-corrected chi connectivity index (χ3v) is 4.33. The van der Waals surface area contributed by atoms with Crippen LogP contribution in [0.1, 0.15) is 33.4 Å². The zero-order chi connectivity index (χ0) is 22.4. The van der Waals surface area contributed by atoms with Crippen LogP contribution in [0.3, 0.4) is 0 Å². The first-order valence-electron chi connectivity index (χ1n) is 9.49. The lowest BCUT2D eigenvalue weighted by Crippen LogP contribution is -2.43. The molecule has 1 heterocycles. The Balaban J connectivity index is 1.60. The van der Waals surface area contributed by atoms with Gasteiger partial charge >= 0.3 is 5.97 Å². The van der Waals surface area contributed by atoms with E-state index >= 15 is 0 Å². The number of methoxy groups -OCH3 is 1. The fourth-order valence-corrected chi connectivity index (χ4v) is 2.89. The SMILES string of the molecule is CCOC(=O)c1c(C)oc2ccc(OCC(=O)NNC(=O)c3cccc(OC)c3)cc12. The molecule has 0 fully saturated rings. The molecule has 2 N–H and O–H groups in total. The average molecular weight is 426 g/mol. The van der Waals surface area contributed by atoms with Crippen molar-refractivity contribution >= 4 is 28.8 Å². The number of carbonyl (C=O) groups excluding carboxylic acids is 3. The second-order valence-corrected chi connectivity index (χ2v) is 6.43. The van der Waals surface area contributed by atoms with Gasteiger partial charge in [0.25, 0.3) is 11.8 Å². The van der Waals surface area contributed by atoms with Crippen LogP contribution in [0, 0.1) is 6.92 Å². The summed E-state index contributed by atoms with van der Waals surface area (Å²) in [6.07, 6.45) is 0. The Labute approximate surface area is 178 Å². The van der Waals surface area contributed by atoms with Gasteiger partial charge < -0.3 is 18.6 Å². The molecule has 31 heavy (non-hydrogen) atoms. The molecule has 0 atom stereocenters. The first kappa shape index (κ1) is 21.7. The fraction of sp³-hybridized carbons (Fsp3) is 0.227. The Morgan fingerprint density at radius 1 is 1.03 bits per heavy atom. The summed E-state index contributed by atoms with van der Waals surface area (Å²) in [5, 5.41) is 0.528. The Morgan fingerprint density at radius 3 is 2.58 bits per heavy atom. The maximum Gasteiger partial charge on any atom is 0.342 e. The summed E-state index contributed by atoms with van der Waals surface area (Å²) < 4.78 is 21.2. The van der Waals surface area contributed by atoms with Crippen LogP contribution in [0.25, 0.3) is 11.0 Å². The van der Waals surface area contributed by atoms with Gasteiger partial charge in [-0.1, -0.05) is 6.07 Å². The Kier molecular flexibility index (Phi) is 6.76. The Bertz CT molecular complexity index is 1120. The fourth-order valence-electron chi connectivity index (χ4n) is 2.89. The van der Waals surface area contributed by atoms with Gasteiger partial charge in [0.1, 0.15) is 28.4 Å². The van der Waals surface area contributed by atoms with Gasteiger partial charge in [-0.3, -0.25) is 20.4 Å². The van der Waals surface area contributed by atoms with Crippen molar-refractivity contribution in [2.75, 3.05) is 20.3 Å². The van der Waals surface area contributed by atoms with E-state index < -0.39 is 17.8 Å². The second-order valence-electron chi connectivity index (χ2n) is 6.43. The predicted molar refractivity (Wildman–Crippen MR) is 111 cm³/mol. The first-order chi connectivity index (χ1) is 14.9. The molecule has 9 nitrogen and oxygen atoms in total. The number of esters is 1. The zero-order valence-electron chi connectivity index (χ0n) is 17.3. The van der Waals surface area contributed by atoms with E-state index in [0.717, 1.165) is 0 Å². The molecular formula is C22H22N2O7. The van der Waals surface area contributed by atoms with Gasteiger partial charge in [-0.25, -0.2) is 4.79 Å². The van der Waals surface area contributed by atoms with Gasteiger partial charge in [0.2, 0.25) is 0 Å². The number of nitrogens with one attached hydrogen (secondary N) is 2. The minimum Gasteiger partial charge on any atom is -0.497 e. The van der Waals surface area contributed by atoms with Gasteiger partial charge in [0.15, 0.2) is 6.61 Å². The number of hydrazine groups is 1. The molecular weight excluding hydrogens is 404 g/mol. The molecule has 3 rings (SSSR count). The van der Waals surface area contributed by atoms with Gasteiger partial charge in [-0.2, -0.15) is 0 Å². The van der Waals surface area contributed by atoms with Crippen LogP contribution < -0.4 is 20.3 Å². The Hall–Kier alpha value is -4.01. The minimum atomic E-state index is -0.565. The van der Waals surface area contributed by atoms with Crippen molar-refractivity contribution in [1.82, 2.24) is 10.9 Å².